The number of hydrogen-bond acceptors (Lipinski definition) is 6. The first kappa shape index (κ1) is 27.3. The van der Waals surface area contributed by atoms with Crippen LogP contribution in [0.4, 0.5) is 0 Å². The Bertz CT molecular complexity index is 1260. The second-order valence-electron chi connectivity index (χ2n) is 11.8. The summed E-state index contributed by atoms with van der Waals surface area (Å²) in [6, 6.07) is 9.35. The number of benzene rings is 1. The molecule has 9 heteroatoms. The van der Waals surface area contributed by atoms with Crippen molar-refractivity contribution < 1.29 is 4.79 Å². The first-order chi connectivity index (χ1) is 18.6. The SMILES string of the molecule is CC1Cc2ccc(-c3cc(C(=O)N4CCC(N(C)C)C4)n(C)c3)cc2CN1C(N)=CC(=N)N1CCN(C)CC1. The molecule has 2 fully saturated rings. The van der Waals surface area contributed by atoms with E-state index in [1.54, 1.807) is 0 Å². The van der Waals surface area contributed by atoms with Crippen LogP contribution in [0.3, 0.4) is 0 Å². The molecular weight excluding hydrogens is 488 g/mol. The van der Waals surface area contributed by atoms with Gasteiger partial charge in [0.25, 0.3) is 5.91 Å². The maximum Gasteiger partial charge on any atom is 0.270 e. The third-order valence-electron chi connectivity index (χ3n) is 8.79. The topological polar surface area (TPSA) is 88.1 Å². The molecule has 9 nitrogen and oxygen atoms in total. The second-order valence-corrected chi connectivity index (χ2v) is 11.8. The fourth-order valence-corrected chi connectivity index (χ4v) is 6.07. The van der Waals surface area contributed by atoms with Crippen molar-refractivity contribution in [3.8, 4) is 11.1 Å². The van der Waals surface area contributed by atoms with E-state index in [-0.39, 0.29) is 11.9 Å². The smallest absolute Gasteiger partial charge is 0.270 e. The van der Waals surface area contributed by atoms with Gasteiger partial charge >= 0.3 is 0 Å². The summed E-state index contributed by atoms with van der Waals surface area (Å²) < 4.78 is 1.96. The predicted octanol–water partition coefficient (Wildman–Crippen LogP) is 2.24. The van der Waals surface area contributed by atoms with Crippen LogP contribution in [-0.2, 0) is 20.0 Å². The number of aromatic nitrogens is 1. The van der Waals surface area contributed by atoms with E-state index in [1.807, 2.05) is 28.7 Å². The van der Waals surface area contributed by atoms with Crippen LogP contribution < -0.4 is 5.73 Å². The molecule has 2 atom stereocenters. The number of nitrogens with zero attached hydrogens (tertiary/aromatic N) is 6. The van der Waals surface area contributed by atoms with Crippen molar-refractivity contribution in [1.82, 2.24) is 29.1 Å². The third-order valence-corrected chi connectivity index (χ3v) is 8.79. The summed E-state index contributed by atoms with van der Waals surface area (Å²) >= 11 is 0. The molecule has 2 unspecified atom stereocenters. The number of nitrogens with two attached hydrogens (primary N) is 1. The van der Waals surface area contributed by atoms with Gasteiger partial charge < -0.3 is 34.8 Å². The largest absolute Gasteiger partial charge is 0.385 e. The molecule has 2 aromatic rings. The molecule has 3 aliphatic rings. The van der Waals surface area contributed by atoms with E-state index in [4.69, 9.17) is 11.1 Å². The molecule has 4 heterocycles. The molecule has 3 aliphatic heterocycles. The molecular formula is C30H44N8O. The molecule has 39 heavy (non-hydrogen) atoms. The second kappa shape index (κ2) is 11.1. The Morgan fingerprint density at radius 3 is 2.46 bits per heavy atom. The van der Waals surface area contributed by atoms with Crippen LogP contribution in [0.5, 0.6) is 0 Å². The van der Waals surface area contributed by atoms with Crippen molar-refractivity contribution >= 4 is 11.7 Å². The normalized spacial score (nSPS) is 22.5. The zero-order chi connectivity index (χ0) is 27.8. The zero-order valence-corrected chi connectivity index (χ0v) is 24.2. The summed E-state index contributed by atoms with van der Waals surface area (Å²) in [5, 5.41) is 8.59. The van der Waals surface area contributed by atoms with E-state index in [1.165, 1.54) is 11.1 Å². The standard InChI is InChI=1S/C30H44N8O/c1-21-14-22-6-7-23(25-16-27(35(5)18-25)30(39)37-9-8-26(20-37)33(2)3)15-24(22)19-38(21)29(32)17-28(31)36-12-10-34(4)11-13-36/h6-7,15-18,21,26,31H,8-14,19-20,32H2,1-5H3. The van der Waals surface area contributed by atoms with Crippen molar-refractivity contribution in [2.45, 2.75) is 38.4 Å². The molecule has 210 valence electrons. The number of amides is 1. The number of hydrogen-bond donors (Lipinski definition) is 2. The number of carbonyl (C=O) groups excluding carboxylic acids is 1. The lowest BCUT2D eigenvalue weighted by molar-refractivity contribution is 0.0773. The van der Waals surface area contributed by atoms with Crippen molar-refractivity contribution in [3.05, 3.63) is 59.2 Å². The zero-order valence-electron chi connectivity index (χ0n) is 24.2. The Labute approximate surface area is 232 Å². The Kier molecular flexibility index (Phi) is 7.73. The highest BCUT2D eigenvalue weighted by molar-refractivity contribution is 5.94. The average Bonchev–Trinajstić information content (AvgIpc) is 3.55. The van der Waals surface area contributed by atoms with E-state index < -0.39 is 0 Å². The molecule has 2 saturated heterocycles. The number of fused-ring (bicyclic) bond motifs is 1. The van der Waals surface area contributed by atoms with Crippen LogP contribution in [0.1, 0.15) is 35.0 Å². The summed E-state index contributed by atoms with van der Waals surface area (Å²) in [4.78, 5) is 24.1. The highest BCUT2D eigenvalue weighted by Crippen LogP contribution is 2.31. The van der Waals surface area contributed by atoms with Gasteiger partial charge in [0.05, 0.1) is 0 Å². The fourth-order valence-electron chi connectivity index (χ4n) is 6.07. The molecule has 0 aliphatic carbocycles. The lowest BCUT2D eigenvalue weighted by Crippen LogP contribution is -2.47. The summed E-state index contributed by atoms with van der Waals surface area (Å²) in [7, 11) is 8.24. The molecule has 3 N–H and O–H groups in total. The van der Waals surface area contributed by atoms with Gasteiger partial charge in [-0.15, -0.1) is 0 Å². The maximum absolute atomic E-state index is 13.3. The molecule has 1 aromatic heterocycles. The Balaban J connectivity index is 1.31. The minimum absolute atomic E-state index is 0.103. The molecule has 0 bridgehead atoms. The number of carbonyl (C=O) groups is 1. The Morgan fingerprint density at radius 1 is 1.03 bits per heavy atom. The molecule has 1 aromatic carbocycles. The van der Waals surface area contributed by atoms with E-state index in [2.05, 4.69) is 72.1 Å². The molecule has 0 radical (unpaired) electrons. The molecule has 0 saturated carbocycles. The molecule has 5 rings (SSSR count). The Morgan fingerprint density at radius 2 is 1.77 bits per heavy atom. The van der Waals surface area contributed by atoms with Gasteiger partial charge in [-0.05, 0) is 69.7 Å². The van der Waals surface area contributed by atoms with Crippen LogP contribution in [0.2, 0.25) is 0 Å². The number of rotatable bonds is 5. The summed E-state index contributed by atoms with van der Waals surface area (Å²) in [6.07, 6.45) is 5.81. The first-order valence-corrected chi connectivity index (χ1v) is 14.1. The van der Waals surface area contributed by atoms with Crippen LogP contribution in [0, 0.1) is 5.41 Å². The van der Waals surface area contributed by atoms with Crippen molar-refractivity contribution in [2.75, 3.05) is 60.4 Å². The van der Waals surface area contributed by atoms with E-state index in [9.17, 15) is 4.79 Å². The quantitative estimate of drug-likeness (QED) is 0.454. The van der Waals surface area contributed by atoms with Gasteiger partial charge in [-0.2, -0.15) is 0 Å². The van der Waals surface area contributed by atoms with Gasteiger partial charge in [0.1, 0.15) is 17.4 Å². The van der Waals surface area contributed by atoms with Crippen LogP contribution >= 0.6 is 0 Å². The first-order valence-electron chi connectivity index (χ1n) is 14.1. The average molecular weight is 533 g/mol. The van der Waals surface area contributed by atoms with E-state index in [0.29, 0.717) is 24.2 Å². The highest BCUT2D eigenvalue weighted by Gasteiger charge is 2.30. The molecule has 1 amide bonds. The minimum atomic E-state index is 0.103. The number of aryl methyl sites for hydroxylation is 1. The highest BCUT2D eigenvalue weighted by atomic mass is 16.2. The summed E-state index contributed by atoms with van der Waals surface area (Å²) in [6.45, 7) is 8.14. The lowest BCUT2D eigenvalue weighted by Gasteiger charge is -2.38. The summed E-state index contributed by atoms with van der Waals surface area (Å²) in [5.74, 6) is 1.24. The maximum atomic E-state index is 13.3. The van der Waals surface area contributed by atoms with Gasteiger partial charge in [0.15, 0.2) is 0 Å². The van der Waals surface area contributed by atoms with Crippen molar-refractivity contribution in [1.29, 1.82) is 5.41 Å². The minimum Gasteiger partial charge on any atom is -0.385 e. The monoisotopic (exact) mass is 532 g/mol. The van der Waals surface area contributed by atoms with E-state index in [0.717, 1.165) is 68.9 Å². The summed E-state index contributed by atoms with van der Waals surface area (Å²) in [5.41, 5.74) is 12.1. The number of likely N-dealkylation sites (tertiary alicyclic amines) is 1. The van der Waals surface area contributed by atoms with Gasteiger partial charge in [-0.25, -0.2) is 0 Å². The number of likely N-dealkylation sites (N-methyl/N-ethyl adjacent to an activating group) is 2. The van der Waals surface area contributed by atoms with Crippen LogP contribution in [-0.4, -0.2) is 113 Å². The predicted molar refractivity (Wildman–Crippen MR) is 157 cm³/mol. The Hall–Kier alpha value is -3.30. The van der Waals surface area contributed by atoms with Gasteiger partial charge in [0, 0.05) is 82.8 Å². The molecule has 0 spiro atoms. The number of amidine groups is 1. The van der Waals surface area contributed by atoms with Gasteiger partial charge in [-0.3, -0.25) is 10.2 Å². The lowest BCUT2D eigenvalue weighted by atomic mass is 9.92. The van der Waals surface area contributed by atoms with Crippen LogP contribution in [0.15, 0.2) is 42.4 Å². The van der Waals surface area contributed by atoms with E-state index >= 15 is 0 Å². The van der Waals surface area contributed by atoms with Gasteiger partial charge in [0.2, 0.25) is 0 Å². The van der Waals surface area contributed by atoms with Crippen molar-refractivity contribution in [3.63, 3.8) is 0 Å². The van der Waals surface area contributed by atoms with Crippen molar-refractivity contribution in [2.24, 2.45) is 12.8 Å². The fraction of sp³-hybridized carbons (Fsp3) is 0.533. The number of piperazine rings is 1. The van der Waals surface area contributed by atoms with Gasteiger partial charge in [-0.1, -0.05) is 12.1 Å². The third kappa shape index (κ3) is 5.70. The number of nitrogens with one attached hydrogen (secondary N) is 1. The van der Waals surface area contributed by atoms with Crippen LogP contribution in [0.25, 0.3) is 11.1 Å².